The predicted molar refractivity (Wildman–Crippen MR) is 49.1 cm³/mol. The van der Waals surface area contributed by atoms with Crippen LogP contribution in [0.3, 0.4) is 0 Å². The molecule has 4 heteroatoms. The number of pyridine rings is 1. The zero-order chi connectivity index (χ0) is 9.68. The second kappa shape index (κ2) is 4.57. The maximum Gasteiger partial charge on any atom is 0.239 e. The fraction of sp³-hybridized carbons (Fsp3) is 0.333. The van der Waals surface area contributed by atoms with Gasteiger partial charge >= 0.3 is 0 Å². The van der Waals surface area contributed by atoms with Crippen molar-refractivity contribution in [2.75, 3.05) is 11.7 Å². The Bertz CT molecular complexity index is 289. The van der Waals surface area contributed by atoms with E-state index in [1.807, 2.05) is 26.0 Å². The molecule has 1 aromatic heterocycles. The van der Waals surface area contributed by atoms with Crippen LogP contribution < -0.4 is 5.06 Å². The standard InChI is InChI=1S/C9H12N2O2/c1-3-13-11(7-12)9-6-4-5-8(2)10-9/h4-7H,3H2,1-2H3. The van der Waals surface area contributed by atoms with Gasteiger partial charge in [0.1, 0.15) is 0 Å². The Hall–Kier alpha value is -1.42. The number of anilines is 1. The van der Waals surface area contributed by atoms with E-state index in [0.717, 1.165) is 10.8 Å². The van der Waals surface area contributed by atoms with Crippen molar-refractivity contribution in [2.45, 2.75) is 13.8 Å². The number of hydrogen-bond donors (Lipinski definition) is 0. The van der Waals surface area contributed by atoms with Crippen molar-refractivity contribution in [1.29, 1.82) is 0 Å². The molecule has 1 aromatic rings. The minimum absolute atomic E-state index is 0.439. The molecule has 70 valence electrons. The monoisotopic (exact) mass is 180 g/mol. The number of nitrogens with zero attached hydrogens (tertiary/aromatic N) is 2. The van der Waals surface area contributed by atoms with Gasteiger partial charge in [-0.1, -0.05) is 6.07 Å². The Kier molecular flexibility index (Phi) is 3.40. The number of carbonyl (C=O) groups is 1. The number of aryl methyl sites for hydroxylation is 1. The molecule has 0 aliphatic heterocycles. The van der Waals surface area contributed by atoms with Gasteiger partial charge in [-0.15, -0.1) is 0 Å². The number of amides is 1. The van der Waals surface area contributed by atoms with Gasteiger partial charge in [0.05, 0.1) is 6.61 Å². The van der Waals surface area contributed by atoms with E-state index in [9.17, 15) is 4.79 Å². The third-order valence-electron chi connectivity index (χ3n) is 1.46. The van der Waals surface area contributed by atoms with Crippen molar-refractivity contribution < 1.29 is 9.63 Å². The summed E-state index contributed by atoms with van der Waals surface area (Å²) < 4.78 is 0. The van der Waals surface area contributed by atoms with Crippen LogP contribution in [0.25, 0.3) is 0 Å². The lowest BCUT2D eigenvalue weighted by molar-refractivity contribution is -0.113. The highest BCUT2D eigenvalue weighted by Gasteiger charge is 2.05. The van der Waals surface area contributed by atoms with Crippen molar-refractivity contribution in [3.63, 3.8) is 0 Å². The molecule has 13 heavy (non-hydrogen) atoms. The molecule has 4 nitrogen and oxygen atoms in total. The van der Waals surface area contributed by atoms with E-state index in [-0.39, 0.29) is 0 Å². The Labute approximate surface area is 77.1 Å². The number of aromatic nitrogens is 1. The van der Waals surface area contributed by atoms with Crippen molar-refractivity contribution in [3.8, 4) is 0 Å². The lowest BCUT2D eigenvalue weighted by Crippen LogP contribution is -2.22. The molecule has 1 amide bonds. The first-order valence-corrected chi connectivity index (χ1v) is 4.09. The van der Waals surface area contributed by atoms with Gasteiger partial charge in [0.25, 0.3) is 0 Å². The maximum absolute atomic E-state index is 10.6. The first-order chi connectivity index (χ1) is 6.27. The van der Waals surface area contributed by atoms with Gasteiger partial charge in [-0.2, -0.15) is 5.06 Å². The van der Waals surface area contributed by atoms with Crippen LogP contribution in [0, 0.1) is 6.92 Å². The normalized spacial score (nSPS) is 9.69. The minimum atomic E-state index is 0.439. The number of hydroxylamine groups is 1. The molecule has 0 atom stereocenters. The predicted octanol–water partition coefficient (Wildman–Crippen LogP) is 1.30. The second-order valence-electron chi connectivity index (χ2n) is 2.49. The summed E-state index contributed by atoms with van der Waals surface area (Å²) in [6.45, 7) is 4.11. The SMILES string of the molecule is CCON(C=O)c1cccc(C)n1. The van der Waals surface area contributed by atoms with Crippen LogP contribution >= 0.6 is 0 Å². The zero-order valence-electron chi connectivity index (χ0n) is 7.73. The molecule has 0 radical (unpaired) electrons. The van der Waals surface area contributed by atoms with E-state index in [1.54, 1.807) is 6.07 Å². The highest BCUT2D eigenvalue weighted by molar-refractivity contribution is 5.69. The molecule has 0 spiro atoms. The average molecular weight is 180 g/mol. The van der Waals surface area contributed by atoms with Crippen molar-refractivity contribution in [1.82, 2.24) is 4.98 Å². The Morgan fingerprint density at radius 2 is 2.38 bits per heavy atom. The van der Waals surface area contributed by atoms with Crippen molar-refractivity contribution in [2.24, 2.45) is 0 Å². The summed E-state index contributed by atoms with van der Waals surface area (Å²) in [5.74, 6) is 0.511. The summed E-state index contributed by atoms with van der Waals surface area (Å²) in [5.41, 5.74) is 0.851. The molecule has 0 unspecified atom stereocenters. The molecule has 0 aromatic carbocycles. The summed E-state index contributed by atoms with van der Waals surface area (Å²) in [7, 11) is 0. The quantitative estimate of drug-likeness (QED) is 0.518. The van der Waals surface area contributed by atoms with Crippen LogP contribution in [0.1, 0.15) is 12.6 Å². The second-order valence-corrected chi connectivity index (χ2v) is 2.49. The highest BCUT2D eigenvalue weighted by Crippen LogP contribution is 2.09. The first-order valence-electron chi connectivity index (χ1n) is 4.09. The lowest BCUT2D eigenvalue weighted by atomic mass is 10.4. The fourth-order valence-corrected chi connectivity index (χ4v) is 0.941. The molecular weight excluding hydrogens is 168 g/mol. The molecule has 0 saturated carbocycles. The van der Waals surface area contributed by atoms with Crippen molar-refractivity contribution in [3.05, 3.63) is 23.9 Å². The molecule has 0 fully saturated rings. The van der Waals surface area contributed by atoms with Crippen molar-refractivity contribution >= 4 is 12.2 Å². The zero-order valence-corrected chi connectivity index (χ0v) is 7.73. The van der Waals surface area contributed by atoms with Gasteiger partial charge in [-0.25, -0.2) is 4.98 Å². The molecule has 0 N–H and O–H groups in total. The van der Waals surface area contributed by atoms with E-state index >= 15 is 0 Å². The Morgan fingerprint density at radius 1 is 1.62 bits per heavy atom. The Morgan fingerprint density at radius 3 is 2.92 bits per heavy atom. The van der Waals surface area contributed by atoms with Gasteiger partial charge in [-0.05, 0) is 26.0 Å². The summed E-state index contributed by atoms with van der Waals surface area (Å²) in [6, 6.07) is 5.41. The molecule has 0 saturated heterocycles. The highest BCUT2D eigenvalue weighted by atomic mass is 16.7. The van der Waals surface area contributed by atoms with Crippen LogP contribution in [0.5, 0.6) is 0 Å². The summed E-state index contributed by atoms with van der Waals surface area (Å²) >= 11 is 0. The summed E-state index contributed by atoms with van der Waals surface area (Å²) in [4.78, 5) is 19.7. The van der Waals surface area contributed by atoms with E-state index in [2.05, 4.69) is 4.98 Å². The molecule has 0 bridgehead atoms. The van der Waals surface area contributed by atoms with Gasteiger partial charge in [0, 0.05) is 5.69 Å². The van der Waals surface area contributed by atoms with Gasteiger partial charge in [-0.3, -0.25) is 9.63 Å². The summed E-state index contributed by atoms with van der Waals surface area (Å²) in [6.07, 6.45) is 0.602. The molecule has 1 heterocycles. The van der Waals surface area contributed by atoms with Crippen LogP contribution in [-0.2, 0) is 9.63 Å². The molecule has 0 aliphatic carbocycles. The third kappa shape index (κ3) is 2.52. The maximum atomic E-state index is 10.6. The van der Waals surface area contributed by atoms with Crippen LogP contribution in [-0.4, -0.2) is 18.0 Å². The van der Waals surface area contributed by atoms with E-state index in [1.165, 1.54) is 0 Å². The molecule has 0 aliphatic rings. The minimum Gasteiger partial charge on any atom is -0.276 e. The largest absolute Gasteiger partial charge is 0.276 e. The smallest absolute Gasteiger partial charge is 0.239 e. The lowest BCUT2D eigenvalue weighted by Gasteiger charge is -2.14. The fourth-order valence-electron chi connectivity index (χ4n) is 0.941. The van der Waals surface area contributed by atoms with E-state index < -0.39 is 0 Å². The average Bonchev–Trinajstić information content (AvgIpc) is 2.14. The first kappa shape index (κ1) is 9.67. The summed E-state index contributed by atoms with van der Waals surface area (Å²) in [5, 5.41) is 1.12. The Balaban J connectivity index is 2.84. The van der Waals surface area contributed by atoms with Gasteiger partial charge < -0.3 is 0 Å². The third-order valence-corrected chi connectivity index (χ3v) is 1.46. The topological polar surface area (TPSA) is 42.4 Å². The van der Waals surface area contributed by atoms with Crippen LogP contribution in [0.2, 0.25) is 0 Å². The number of hydrogen-bond acceptors (Lipinski definition) is 3. The molecular formula is C9H12N2O2. The van der Waals surface area contributed by atoms with Crippen LogP contribution in [0.15, 0.2) is 18.2 Å². The van der Waals surface area contributed by atoms with Crippen LogP contribution in [0.4, 0.5) is 5.82 Å². The van der Waals surface area contributed by atoms with E-state index in [4.69, 9.17) is 4.84 Å². The number of rotatable bonds is 4. The number of carbonyl (C=O) groups excluding carboxylic acids is 1. The molecule has 1 rings (SSSR count). The van der Waals surface area contributed by atoms with Gasteiger partial charge in [0.15, 0.2) is 5.82 Å². The van der Waals surface area contributed by atoms with Gasteiger partial charge in [0.2, 0.25) is 6.41 Å². The van der Waals surface area contributed by atoms with E-state index in [0.29, 0.717) is 18.8 Å².